The van der Waals surface area contributed by atoms with Crippen LogP contribution in [0.4, 0.5) is 5.69 Å². The van der Waals surface area contributed by atoms with Gasteiger partial charge in [0, 0.05) is 11.6 Å². The van der Waals surface area contributed by atoms with Crippen molar-refractivity contribution in [2.24, 2.45) is 0 Å². The molecule has 0 spiro atoms. The van der Waals surface area contributed by atoms with E-state index in [9.17, 15) is 4.79 Å². The highest BCUT2D eigenvalue weighted by Crippen LogP contribution is 2.29. The molecule has 1 heterocycles. The number of nitrogens with zero attached hydrogens (tertiary/aromatic N) is 2. The number of hydrogen-bond acceptors (Lipinski definition) is 5. The summed E-state index contributed by atoms with van der Waals surface area (Å²) >= 11 is 0. The van der Waals surface area contributed by atoms with Crippen molar-refractivity contribution in [1.82, 2.24) is 9.97 Å². The van der Waals surface area contributed by atoms with Crippen LogP contribution in [-0.4, -0.2) is 29.6 Å². The number of aromatic amines is 1. The lowest BCUT2D eigenvalue weighted by molar-refractivity contribution is -0.118. The molecule has 0 aliphatic carbocycles. The SMILES string of the molecule is COc1cc(C#N)ccc1OCC(=O)Nc1ccccc1-c1nc2ccccc2[nH]1. The number of hydrogen-bond donors (Lipinski definition) is 2. The largest absolute Gasteiger partial charge is 0.493 e. The zero-order chi connectivity index (χ0) is 20.9. The van der Waals surface area contributed by atoms with Crippen LogP contribution in [0.15, 0.2) is 66.7 Å². The first kappa shape index (κ1) is 19.0. The zero-order valence-electron chi connectivity index (χ0n) is 16.2. The van der Waals surface area contributed by atoms with Crippen LogP contribution >= 0.6 is 0 Å². The molecule has 1 amide bonds. The van der Waals surface area contributed by atoms with Crippen LogP contribution in [0.3, 0.4) is 0 Å². The maximum Gasteiger partial charge on any atom is 0.262 e. The van der Waals surface area contributed by atoms with E-state index in [4.69, 9.17) is 14.7 Å². The Morgan fingerprint density at radius 2 is 1.90 bits per heavy atom. The van der Waals surface area contributed by atoms with Crippen molar-refractivity contribution in [3.05, 3.63) is 72.3 Å². The fourth-order valence-corrected chi connectivity index (χ4v) is 3.06. The number of nitrogens with one attached hydrogen (secondary N) is 2. The van der Waals surface area contributed by atoms with E-state index in [0.29, 0.717) is 28.6 Å². The van der Waals surface area contributed by atoms with E-state index in [1.165, 1.54) is 7.11 Å². The fourth-order valence-electron chi connectivity index (χ4n) is 3.06. The first-order valence-electron chi connectivity index (χ1n) is 9.23. The van der Waals surface area contributed by atoms with Gasteiger partial charge in [-0.2, -0.15) is 5.26 Å². The average molecular weight is 398 g/mol. The summed E-state index contributed by atoms with van der Waals surface area (Å²) in [7, 11) is 1.48. The molecule has 0 radical (unpaired) electrons. The smallest absolute Gasteiger partial charge is 0.262 e. The second-order valence-electron chi connectivity index (χ2n) is 6.46. The van der Waals surface area contributed by atoms with Gasteiger partial charge in [-0.15, -0.1) is 0 Å². The summed E-state index contributed by atoms with van der Waals surface area (Å²) < 4.78 is 10.8. The number of methoxy groups -OCH3 is 1. The van der Waals surface area contributed by atoms with E-state index in [-0.39, 0.29) is 12.5 Å². The van der Waals surface area contributed by atoms with Gasteiger partial charge < -0.3 is 19.8 Å². The number of amides is 1. The van der Waals surface area contributed by atoms with E-state index in [2.05, 4.69) is 15.3 Å². The Kier molecular flexibility index (Phi) is 5.31. The number of anilines is 1. The number of benzene rings is 3. The van der Waals surface area contributed by atoms with Gasteiger partial charge in [-0.25, -0.2) is 4.98 Å². The minimum Gasteiger partial charge on any atom is -0.493 e. The molecule has 0 aliphatic rings. The van der Waals surface area contributed by atoms with Gasteiger partial charge in [-0.1, -0.05) is 24.3 Å². The van der Waals surface area contributed by atoms with Crippen LogP contribution in [0.25, 0.3) is 22.4 Å². The molecule has 30 heavy (non-hydrogen) atoms. The second-order valence-corrected chi connectivity index (χ2v) is 6.46. The number of fused-ring (bicyclic) bond motifs is 1. The quantitative estimate of drug-likeness (QED) is 0.509. The highest BCUT2D eigenvalue weighted by molar-refractivity contribution is 5.96. The summed E-state index contributed by atoms with van der Waals surface area (Å²) in [6.07, 6.45) is 0. The number of aromatic nitrogens is 2. The molecule has 0 bridgehead atoms. The summed E-state index contributed by atoms with van der Waals surface area (Å²) in [6, 6.07) is 22.0. The molecule has 0 aliphatic heterocycles. The number of ether oxygens (including phenoxy) is 2. The van der Waals surface area contributed by atoms with Gasteiger partial charge in [-0.3, -0.25) is 4.79 Å². The third kappa shape index (κ3) is 3.93. The second kappa shape index (κ2) is 8.37. The standard InChI is InChI=1S/C23H18N4O3/c1-29-21-12-15(13-24)10-11-20(21)30-14-22(28)25-17-7-3-2-6-16(17)23-26-18-8-4-5-9-19(18)27-23/h2-12H,14H2,1H3,(H,25,28)(H,26,27). The van der Waals surface area contributed by atoms with Crippen molar-refractivity contribution in [2.45, 2.75) is 0 Å². The van der Waals surface area contributed by atoms with Crippen LogP contribution in [0, 0.1) is 11.3 Å². The van der Waals surface area contributed by atoms with Crippen LogP contribution in [0.1, 0.15) is 5.56 Å². The molecule has 148 valence electrons. The van der Waals surface area contributed by atoms with Crippen molar-refractivity contribution in [2.75, 3.05) is 19.0 Å². The lowest BCUT2D eigenvalue weighted by atomic mass is 10.1. The number of para-hydroxylation sites is 3. The predicted octanol–water partition coefficient (Wildman–Crippen LogP) is 4.13. The van der Waals surface area contributed by atoms with Gasteiger partial charge in [0.05, 0.1) is 35.5 Å². The van der Waals surface area contributed by atoms with Gasteiger partial charge >= 0.3 is 0 Å². The molecule has 0 saturated heterocycles. The van der Waals surface area contributed by atoms with Crippen molar-refractivity contribution in [3.8, 4) is 29.0 Å². The molecule has 1 aromatic heterocycles. The summed E-state index contributed by atoms with van der Waals surface area (Å²) in [5.74, 6) is 1.12. The van der Waals surface area contributed by atoms with E-state index < -0.39 is 0 Å². The van der Waals surface area contributed by atoms with Crippen LogP contribution in [0.5, 0.6) is 11.5 Å². The lowest BCUT2D eigenvalue weighted by Crippen LogP contribution is -2.20. The summed E-state index contributed by atoms with van der Waals surface area (Å²) in [6.45, 7) is -0.212. The number of carbonyl (C=O) groups excluding carboxylic acids is 1. The summed E-state index contributed by atoms with van der Waals surface area (Å²) in [4.78, 5) is 20.4. The van der Waals surface area contributed by atoms with E-state index in [1.807, 2.05) is 54.6 Å². The van der Waals surface area contributed by atoms with Gasteiger partial charge in [-0.05, 0) is 36.4 Å². The molecule has 4 aromatic rings. The molecule has 4 rings (SSSR count). The lowest BCUT2D eigenvalue weighted by Gasteiger charge is -2.12. The highest BCUT2D eigenvalue weighted by atomic mass is 16.5. The van der Waals surface area contributed by atoms with Gasteiger partial charge in [0.15, 0.2) is 18.1 Å². The van der Waals surface area contributed by atoms with Gasteiger partial charge in [0.25, 0.3) is 5.91 Å². The Bertz CT molecular complexity index is 1220. The zero-order valence-corrected chi connectivity index (χ0v) is 16.2. The topological polar surface area (TPSA) is 100 Å². The molecule has 7 heteroatoms. The van der Waals surface area contributed by atoms with Crippen molar-refractivity contribution in [1.29, 1.82) is 5.26 Å². The number of carbonyl (C=O) groups is 1. The Morgan fingerprint density at radius 1 is 1.10 bits per heavy atom. The Morgan fingerprint density at radius 3 is 2.70 bits per heavy atom. The monoisotopic (exact) mass is 398 g/mol. The van der Waals surface area contributed by atoms with Crippen molar-refractivity contribution < 1.29 is 14.3 Å². The number of H-pyrrole nitrogens is 1. The first-order valence-corrected chi connectivity index (χ1v) is 9.23. The number of nitriles is 1. The molecule has 0 atom stereocenters. The molecule has 0 unspecified atom stereocenters. The van der Waals surface area contributed by atoms with Crippen LogP contribution in [-0.2, 0) is 4.79 Å². The van der Waals surface area contributed by atoms with Crippen LogP contribution < -0.4 is 14.8 Å². The van der Waals surface area contributed by atoms with Crippen molar-refractivity contribution in [3.63, 3.8) is 0 Å². The van der Waals surface area contributed by atoms with Gasteiger partial charge in [0.2, 0.25) is 0 Å². The molecule has 3 aromatic carbocycles. The highest BCUT2D eigenvalue weighted by Gasteiger charge is 2.13. The summed E-state index contributed by atoms with van der Waals surface area (Å²) in [5.41, 5.74) is 3.62. The Hall–Kier alpha value is -4.31. The predicted molar refractivity (Wildman–Crippen MR) is 113 cm³/mol. The Balaban J connectivity index is 1.50. The average Bonchev–Trinajstić information content (AvgIpc) is 3.22. The van der Waals surface area contributed by atoms with Crippen molar-refractivity contribution >= 4 is 22.6 Å². The number of imidazole rings is 1. The number of rotatable bonds is 6. The van der Waals surface area contributed by atoms with E-state index >= 15 is 0 Å². The fraction of sp³-hybridized carbons (Fsp3) is 0.0870. The minimum absolute atomic E-state index is 0.212. The van der Waals surface area contributed by atoms with Crippen LogP contribution in [0.2, 0.25) is 0 Å². The molecule has 2 N–H and O–H groups in total. The third-order valence-electron chi connectivity index (χ3n) is 4.50. The molecule has 0 fully saturated rings. The summed E-state index contributed by atoms with van der Waals surface area (Å²) in [5, 5.41) is 11.8. The van der Waals surface area contributed by atoms with E-state index in [0.717, 1.165) is 16.6 Å². The Labute approximate surface area is 172 Å². The molecular weight excluding hydrogens is 380 g/mol. The first-order chi connectivity index (χ1) is 14.7. The molecular formula is C23H18N4O3. The normalized spacial score (nSPS) is 10.4. The van der Waals surface area contributed by atoms with Gasteiger partial charge in [0.1, 0.15) is 5.82 Å². The maximum absolute atomic E-state index is 12.5. The molecule has 7 nitrogen and oxygen atoms in total. The van der Waals surface area contributed by atoms with E-state index in [1.54, 1.807) is 18.2 Å². The maximum atomic E-state index is 12.5. The molecule has 0 saturated carbocycles. The third-order valence-corrected chi connectivity index (χ3v) is 4.50. The minimum atomic E-state index is -0.329.